The SMILES string of the molecule is CCC(=O)N1CCC(NC(=NC)NCc2nc(C(C)C)c(C)s2)C1. The fourth-order valence-electron chi connectivity index (χ4n) is 2.95. The summed E-state index contributed by atoms with van der Waals surface area (Å²) in [6.45, 7) is 10.6. The first-order valence-electron chi connectivity index (χ1n) is 8.65. The first-order valence-corrected chi connectivity index (χ1v) is 9.47. The normalized spacial score (nSPS) is 18.3. The Morgan fingerprint density at radius 3 is 2.83 bits per heavy atom. The Hall–Kier alpha value is -1.63. The molecule has 1 aromatic rings. The number of hydrogen-bond donors (Lipinski definition) is 2. The Labute approximate surface area is 148 Å². The number of hydrogen-bond acceptors (Lipinski definition) is 4. The highest BCUT2D eigenvalue weighted by Gasteiger charge is 2.25. The quantitative estimate of drug-likeness (QED) is 0.631. The number of aromatic nitrogens is 1. The number of nitrogens with one attached hydrogen (secondary N) is 2. The van der Waals surface area contributed by atoms with Crippen molar-refractivity contribution in [1.29, 1.82) is 0 Å². The van der Waals surface area contributed by atoms with Crippen LogP contribution >= 0.6 is 11.3 Å². The molecule has 1 aliphatic heterocycles. The highest BCUT2D eigenvalue weighted by atomic mass is 32.1. The van der Waals surface area contributed by atoms with Gasteiger partial charge in [0.25, 0.3) is 0 Å². The Bertz CT molecular complexity index is 596. The minimum absolute atomic E-state index is 0.224. The monoisotopic (exact) mass is 351 g/mol. The summed E-state index contributed by atoms with van der Waals surface area (Å²) in [6.07, 6.45) is 1.53. The smallest absolute Gasteiger partial charge is 0.222 e. The van der Waals surface area contributed by atoms with Gasteiger partial charge < -0.3 is 15.5 Å². The first-order chi connectivity index (χ1) is 11.4. The number of nitrogens with zero attached hydrogens (tertiary/aromatic N) is 3. The van der Waals surface area contributed by atoms with Crippen LogP contribution in [0.15, 0.2) is 4.99 Å². The standard InChI is InChI=1S/C17H29N5OS/c1-6-15(23)22-8-7-13(10-22)20-17(18-5)19-9-14-21-16(11(2)3)12(4)24-14/h11,13H,6-10H2,1-5H3,(H2,18,19,20). The number of thiazole rings is 1. The molecule has 0 radical (unpaired) electrons. The summed E-state index contributed by atoms with van der Waals surface area (Å²) in [5, 5.41) is 7.82. The molecular weight excluding hydrogens is 322 g/mol. The second kappa shape index (κ2) is 8.46. The van der Waals surface area contributed by atoms with Gasteiger partial charge in [0, 0.05) is 37.5 Å². The summed E-state index contributed by atoms with van der Waals surface area (Å²) in [7, 11) is 1.77. The molecule has 6 nitrogen and oxygen atoms in total. The Balaban J connectivity index is 1.85. The van der Waals surface area contributed by atoms with E-state index in [0.717, 1.165) is 30.5 Å². The van der Waals surface area contributed by atoms with Crippen molar-refractivity contribution in [3.8, 4) is 0 Å². The van der Waals surface area contributed by atoms with Crippen LogP contribution in [0.1, 0.15) is 55.1 Å². The molecule has 1 unspecified atom stereocenters. The molecule has 0 aromatic carbocycles. The maximum absolute atomic E-state index is 11.8. The van der Waals surface area contributed by atoms with E-state index in [-0.39, 0.29) is 11.9 Å². The lowest BCUT2D eigenvalue weighted by molar-refractivity contribution is -0.129. The van der Waals surface area contributed by atoms with Crippen molar-refractivity contribution < 1.29 is 4.79 Å². The summed E-state index contributed by atoms with van der Waals surface area (Å²) in [6, 6.07) is 0.260. The van der Waals surface area contributed by atoms with Crippen molar-refractivity contribution in [2.75, 3.05) is 20.1 Å². The molecule has 2 N–H and O–H groups in total. The zero-order chi connectivity index (χ0) is 17.7. The maximum atomic E-state index is 11.8. The van der Waals surface area contributed by atoms with Gasteiger partial charge in [-0.1, -0.05) is 20.8 Å². The molecule has 7 heteroatoms. The van der Waals surface area contributed by atoms with Crippen LogP contribution in [-0.2, 0) is 11.3 Å². The van der Waals surface area contributed by atoms with Crippen molar-refractivity contribution in [2.24, 2.45) is 4.99 Å². The average molecular weight is 352 g/mol. The van der Waals surface area contributed by atoms with Gasteiger partial charge in [-0.25, -0.2) is 4.98 Å². The third kappa shape index (κ3) is 4.69. The molecule has 0 spiro atoms. The van der Waals surface area contributed by atoms with Crippen LogP contribution in [0.3, 0.4) is 0 Å². The Morgan fingerprint density at radius 2 is 2.25 bits per heavy atom. The van der Waals surface area contributed by atoms with E-state index < -0.39 is 0 Å². The summed E-state index contributed by atoms with van der Waals surface area (Å²) >= 11 is 1.74. The first kappa shape index (κ1) is 18.7. The van der Waals surface area contributed by atoms with Crippen molar-refractivity contribution in [3.05, 3.63) is 15.6 Å². The third-order valence-electron chi connectivity index (χ3n) is 4.24. The van der Waals surface area contributed by atoms with Crippen molar-refractivity contribution >= 4 is 23.2 Å². The number of carbonyl (C=O) groups excluding carboxylic acids is 1. The zero-order valence-electron chi connectivity index (χ0n) is 15.3. The van der Waals surface area contributed by atoms with E-state index in [1.54, 1.807) is 18.4 Å². The van der Waals surface area contributed by atoms with E-state index in [2.05, 4.69) is 36.4 Å². The zero-order valence-corrected chi connectivity index (χ0v) is 16.2. The molecule has 1 atom stereocenters. The minimum atomic E-state index is 0.224. The van der Waals surface area contributed by atoms with E-state index in [9.17, 15) is 4.79 Å². The molecule has 2 heterocycles. The molecule has 2 rings (SSSR count). The molecule has 1 saturated heterocycles. The summed E-state index contributed by atoms with van der Waals surface area (Å²) in [5.74, 6) is 1.44. The molecule has 0 saturated carbocycles. The topological polar surface area (TPSA) is 69.6 Å². The lowest BCUT2D eigenvalue weighted by atomic mass is 10.1. The predicted molar refractivity (Wildman–Crippen MR) is 99.6 cm³/mol. The third-order valence-corrected chi connectivity index (χ3v) is 5.23. The van der Waals surface area contributed by atoms with Crippen LogP contribution in [0.2, 0.25) is 0 Å². The molecular formula is C17H29N5OS. The predicted octanol–water partition coefficient (Wildman–Crippen LogP) is 2.25. The van der Waals surface area contributed by atoms with Gasteiger partial charge in [-0.15, -0.1) is 11.3 Å². The van der Waals surface area contributed by atoms with Crippen molar-refractivity contribution in [3.63, 3.8) is 0 Å². The Morgan fingerprint density at radius 1 is 1.50 bits per heavy atom. The van der Waals surface area contributed by atoms with E-state index >= 15 is 0 Å². The van der Waals surface area contributed by atoms with Crippen LogP contribution in [0.4, 0.5) is 0 Å². The number of guanidine groups is 1. The Kier molecular flexibility index (Phi) is 6.60. The number of likely N-dealkylation sites (tertiary alicyclic amines) is 1. The molecule has 0 bridgehead atoms. The van der Waals surface area contributed by atoms with Gasteiger partial charge in [0.1, 0.15) is 5.01 Å². The van der Waals surface area contributed by atoms with Gasteiger partial charge >= 0.3 is 0 Å². The number of aliphatic imine (C=N–C) groups is 1. The van der Waals surface area contributed by atoms with E-state index in [1.807, 2.05) is 11.8 Å². The number of aryl methyl sites for hydroxylation is 1. The molecule has 1 fully saturated rings. The summed E-state index contributed by atoms with van der Waals surface area (Å²) in [5.41, 5.74) is 1.18. The van der Waals surface area contributed by atoms with E-state index in [4.69, 9.17) is 4.98 Å². The van der Waals surface area contributed by atoms with Gasteiger partial charge in [-0.2, -0.15) is 0 Å². The average Bonchev–Trinajstić information content (AvgIpc) is 3.17. The van der Waals surface area contributed by atoms with Gasteiger partial charge in [0.2, 0.25) is 5.91 Å². The molecule has 1 aromatic heterocycles. The minimum Gasteiger partial charge on any atom is -0.352 e. The molecule has 24 heavy (non-hydrogen) atoms. The number of carbonyl (C=O) groups is 1. The van der Waals surface area contributed by atoms with Crippen LogP contribution in [0.5, 0.6) is 0 Å². The summed E-state index contributed by atoms with van der Waals surface area (Å²) in [4.78, 5) is 24.0. The highest BCUT2D eigenvalue weighted by molar-refractivity contribution is 7.11. The van der Waals surface area contributed by atoms with Crippen LogP contribution in [-0.4, -0.2) is 47.9 Å². The van der Waals surface area contributed by atoms with Crippen LogP contribution in [0, 0.1) is 6.92 Å². The molecule has 134 valence electrons. The number of rotatable bonds is 5. The fourth-order valence-corrected chi connectivity index (χ4v) is 3.98. The van der Waals surface area contributed by atoms with Gasteiger partial charge in [-0.05, 0) is 19.3 Å². The van der Waals surface area contributed by atoms with Crippen LogP contribution < -0.4 is 10.6 Å². The van der Waals surface area contributed by atoms with Crippen molar-refractivity contribution in [1.82, 2.24) is 20.5 Å². The van der Waals surface area contributed by atoms with E-state index in [0.29, 0.717) is 18.9 Å². The van der Waals surface area contributed by atoms with Gasteiger partial charge in [0.05, 0.1) is 12.2 Å². The second-order valence-corrected chi connectivity index (χ2v) is 7.74. The van der Waals surface area contributed by atoms with Crippen molar-refractivity contribution in [2.45, 2.75) is 59.0 Å². The molecule has 0 aliphatic carbocycles. The summed E-state index contributed by atoms with van der Waals surface area (Å²) < 4.78 is 0. The van der Waals surface area contributed by atoms with Gasteiger partial charge in [0.15, 0.2) is 5.96 Å². The number of amides is 1. The highest BCUT2D eigenvalue weighted by Crippen LogP contribution is 2.23. The van der Waals surface area contributed by atoms with E-state index in [1.165, 1.54) is 10.6 Å². The van der Waals surface area contributed by atoms with Crippen LogP contribution in [0.25, 0.3) is 0 Å². The van der Waals surface area contributed by atoms with Gasteiger partial charge in [-0.3, -0.25) is 9.79 Å². The molecule has 1 amide bonds. The largest absolute Gasteiger partial charge is 0.352 e. The second-order valence-electron chi connectivity index (χ2n) is 6.45. The lowest BCUT2D eigenvalue weighted by Gasteiger charge is -2.18. The fraction of sp³-hybridized carbons (Fsp3) is 0.706. The maximum Gasteiger partial charge on any atom is 0.222 e. The lowest BCUT2D eigenvalue weighted by Crippen LogP contribution is -2.44. The molecule has 1 aliphatic rings.